The first-order valence-electron chi connectivity index (χ1n) is 18.2. The van der Waals surface area contributed by atoms with E-state index in [2.05, 4.69) is 10.4 Å². The van der Waals surface area contributed by atoms with Crippen LogP contribution in [0.1, 0.15) is 35.6 Å². The molecule has 6 unspecified atom stereocenters. The van der Waals surface area contributed by atoms with Crippen LogP contribution < -0.4 is 15.2 Å². The number of carbonyl (C=O) groups excluding carboxylic acids is 4. The van der Waals surface area contributed by atoms with Crippen molar-refractivity contribution in [2.75, 3.05) is 30.7 Å². The summed E-state index contributed by atoms with van der Waals surface area (Å²) in [5.74, 6) is -8.16. The number of rotatable bonds is 9. The summed E-state index contributed by atoms with van der Waals surface area (Å²) >= 11 is 12.6. The summed E-state index contributed by atoms with van der Waals surface area (Å²) < 4.78 is 60.6. The van der Waals surface area contributed by atoms with Gasteiger partial charge in [-0.05, 0) is 90.6 Å². The highest BCUT2D eigenvalue weighted by Gasteiger charge is 2.70. The summed E-state index contributed by atoms with van der Waals surface area (Å²) in [6, 6.07) is 20.1. The fraction of sp³-hybridized carbons (Fsp3) is 0.293. The van der Waals surface area contributed by atoms with E-state index in [9.17, 15) is 37.1 Å². The first-order chi connectivity index (χ1) is 27.7. The summed E-state index contributed by atoms with van der Waals surface area (Å²) in [6.45, 7) is -0.208. The highest BCUT2D eigenvalue weighted by atomic mass is 35.5. The number of aliphatic hydroxyl groups excluding tert-OH is 1. The smallest absolute Gasteiger partial charge is 0.433 e. The molecule has 6 atom stereocenters. The quantitative estimate of drug-likeness (QED) is 0.104. The zero-order chi connectivity index (χ0) is 41.3. The molecule has 3 heterocycles. The third-order valence-electron chi connectivity index (χ3n) is 11.5. The molecule has 2 aliphatic carbocycles. The van der Waals surface area contributed by atoms with Crippen molar-refractivity contribution in [3.63, 3.8) is 0 Å². The molecule has 1 saturated carbocycles. The van der Waals surface area contributed by atoms with Gasteiger partial charge < -0.3 is 9.84 Å². The second-order valence-electron chi connectivity index (χ2n) is 14.5. The van der Waals surface area contributed by atoms with E-state index >= 15 is 4.79 Å². The highest BCUT2D eigenvalue weighted by molar-refractivity contribution is 6.33. The molecule has 4 aliphatic rings. The molecule has 300 valence electrons. The molecule has 17 heteroatoms. The predicted octanol–water partition coefficient (Wildman–Crippen LogP) is 6.95. The second kappa shape index (κ2) is 14.7. The minimum Gasteiger partial charge on any atom is -0.491 e. The van der Waals surface area contributed by atoms with Gasteiger partial charge >= 0.3 is 6.18 Å². The van der Waals surface area contributed by atoms with Crippen LogP contribution in [0.15, 0.2) is 96.6 Å². The van der Waals surface area contributed by atoms with Crippen molar-refractivity contribution < 1.29 is 46.6 Å². The number of benzene rings is 3. The van der Waals surface area contributed by atoms with E-state index in [-0.39, 0.29) is 36.8 Å². The molecule has 3 aromatic carbocycles. The average molecular weight is 839 g/mol. The fourth-order valence-electron chi connectivity index (χ4n) is 9.14. The number of hydrogen-bond acceptors (Lipinski definition) is 9. The lowest BCUT2D eigenvalue weighted by molar-refractivity contribution is -0.142. The molecule has 1 aromatic heterocycles. The van der Waals surface area contributed by atoms with Crippen LogP contribution in [0.5, 0.6) is 5.75 Å². The normalized spacial score (nSPS) is 25.3. The van der Waals surface area contributed by atoms with Crippen molar-refractivity contribution in [3.8, 4) is 5.75 Å². The van der Waals surface area contributed by atoms with E-state index in [1.807, 2.05) is 6.08 Å². The molecule has 2 aliphatic heterocycles. The van der Waals surface area contributed by atoms with Crippen molar-refractivity contribution >= 4 is 58.3 Å². The Morgan fingerprint density at radius 3 is 2.26 bits per heavy atom. The van der Waals surface area contributed by atoms with E-state index in [4.69, 9.17) is 27.9 Å². The highest BCUT2D eigenvalue weighted by Crippen LogP contribution is 2.64. The Balaban J connectivity index is 1.27. The summed E-state index contributed by atoms with van der Waals surface area (Å²) in [5, 5.41) is 12.1. The van der Waals surface area contributed by atoms with Crippen molar-refractivity contribution in [2.24, 2.45) is 23.7 Å². The standard InChI is InChI=1S/C41H33Cl2F4N5O6/c1-50(35-31(43)16-17-32(48-35)41(45,46)47)52-36(54)28-15-14-27-29(33(28)38(52)56)20-30-37(55)51(49-25-10-8-24(44)9-11-25)39(57)40(30,22-4-6-23(42)7-5-22)34(27)21-2-12-26(13-3-21)58-19-18-53/h2-14,16-17,28-30,33-34,49,53H,15,18-20H2,1H3. The number of nitrogens with one attached hydrogen (secondary N) is 1. The van der Waals surface area contributed by atoms with Crippen molar-refractivity contribution in [1.29, 1.82) is 0 Å². The Morgan fingerprint density at radius 1 is 0.914 bits per heavy atom. The number of alkyl halides is 3. The molecule has 2 N–H and O–H groups in total. The number of pyridine rings is 1. The molecule has 4 amide bonds. The van der Waals surface area contributed by atoms with Crippen LogP contribution in [0, 0.1) is 29.5 Å². The second-order valence-corrected chi connectivity index (χ2v) is 15.4. The van der Waals surface area contributed by atoms with Crippen LogP contribution in [0.4, 0.5) is 29.1 Å². The summed E-state index contributed by atoms with van der Waals surface area (Å²) in [4.78, 5) is 62.6. The number of nitrogens with zero attached hydrogens (tertiary/aromatic N) is 4. The van der Waals surface area contributed by atoms with E-state index < -0.39 is 82.1 Å². The van der Waals surface area contributed by atoms with Gasteiger partial charge in [0, 0.05) is 18.0 Å². The largest absolute Gasteiger partial charge is 0.491 e. The number of imide groups is 2. The van der Waals surface area contributed by atoms with Crippen LogP contribution in [0.3, 0.4) is 0 Å². The van der Waals surface area contributed by atoms with Gasteiger partial charge in [-0.25, -0.2) is 9.37 Å². The lowest BCUT2D eigenvalue weighted by Gasteiger charge is -2.50. The van der Waals surface area contributed by atoms with Gasteiger partial charge in [0.15, 0.2) is 5.82 Å². The Labute approximate surface area is 338 Å². The number of carbonyl (C=O) groups is 4. The Morgan fingerprint density at radius 2 is 1.60 bits per heavy atom. The number of aromatic nitrogens is 1. The van der Waals surface area contributed by atoms with Gasteiger partial charge in [0.25, 0.3) is 23.6 Å². The summed E-state index contributed by atoms with van der Waals surface area (Å²) in [5.41, 5.74) is 1.85. The molecule has 0 bridgehead atoms. The first-order valence-corrected chi connectivity index (χ1v) is 19.0. The van der Waals surface area contributed by atoms with Crippen LogP contribution in [-0.4, -0.2) is 64.0 Å². The van der Waals surface area contributed by atoms with Gasteiger partial charge in [0.05, 0.1) is 40.5 Å². The monoisotopic (exact) mass is 837 g/mol. The van der Waals surface area contributed by atoms with Crippen molar-refractivity contribution in [1.82, 2.24) is 15.0 Å². The Kier molecular flexibility index (Phi) is 9.97. The third-order valence-corrected chi connectivity index (χ3v) is 12.1. The van der Waals surface area contributed by atoms with Crippen molar-refractivity contribution in [3.05, 3.63) is 129 Å². The maximum Gasteiger partial charge on any atom is 0.433 e. The molecule has 3 fully saturated rings. The molecule has 0 radical (unpaired) electrons. The topological polar surface area (TPSA) is 132 Å². The van der Waals surface area contributed by atoms with Crippen LogP contribution in [-0.2, 0) is 30.8 Å². The number of amides is 4. The molecule has 8 rings (SSSR count). The number of hydrogen-bond donors (Lipinski definition) is 2. The lowest BCUT2D eigenvalue weighted by Crippen LogP contribution is -2.53. The molecule has 0 spiro atoms. The number of aliphatic hydroxyl groups is 1. The van der Waals surface area contributed by atoms with Crippen LogP contribution in [0.25, 0.3) is 0 Å². The van der Waals surface area contributed by atoms with E-state index in [1.165, 1.54) is 31.3 Å². The van der Waals surface area contributed by atoms with E-state index in [0.717, 1.165) is 21.1 Å². The molecular formula is C41H33Cl2F4N5O6. The Bertz CT molecular complexity index is 2350. The average Bonchev–Trinajstić information content (AvgIpc) is 3.58. The maximum absolute atomic E-state index is 15.3. The summed E-state index contributed by atoms with van der Waals surface area (Å²) in [6.07, 6.45) is -3.06. The maximum atomic E-state index is 15.3. The predicted molar refractivity (Wildman–Crippen MR) is 203 cm³/mol. The van der Waals surface area contributed by atoms with Gasteiger partial charge in [0.1, 0.15) is 23.9 Å². The van der Waals surface area contributed by atoms with Gasteiger partial charge in [-0.2, -0.15) is 23.2 Å². The van der Waals surface area contributed by atoms with Gasteiger partial charge in [-0.15, -0.1) is 0 Å². The fourth-order valence-corrected chi connectivity index (χ4v) is 9.49. The zero-order valence-corrected chi connectivity index (χ0v) is 31.9. The number of ether oxygens (including phenoxy) is 1. The van der Waals surface area contributed by atoms with E-state index in [1.54, 1.807) is 48.5 Å². The number of hydrazine groups is 2. The zero-order valence-electron chi connectivity index (χ0n) is 30.4. The third kappa shape index (κ3) is 6.27. The molecule has 11 nitrogen and oxygen atoms in total. The number of allylic oxidation sites excluding steroid dienone is 2. The minimum absolute atomic E-state index is 0.0230. The lowest BCUT2D eigenvalue weighted by atomic mass is 9.49. The summed E-state index contributed by atoms with van der Waals surface area (Å²) in [7, 11) is 1.23. The SMILES string of the molecule is CN(c1nc(C(F)(F)F)ccc1Cl)N1C(=O)C2CC=C3C(CC4C(=O)N(Nc5ccc(F)cc5)C(=O)C4(c4ccc(Cl)cc4)C3c3ccc(OCCO)cc3)C2C1=O. The first kappa shape index (κ1) is 39.3. The van der Waals surface area contributed by atoms with Gasteiger partial charge in [-0.1, -0.05) is 59.1 Å². The number of anilines is 2. The Hall–Kier alpha value is -5.51. The molecule has 4 aromatic rings. The minimum atomic E-state index is -4.84. The van der Waals surface area contributed by atoms with Crippen LogP contribution >= 0.6 is 23.2 Å². The number of fused-ring (bicyclic) bond motifs is 4. The molecule has 2 saturated heterocycles. The molecule has 58 heavy (non-hydrogen) atoms. The van der Waals surface area contributed by atoms with Crippen LogP contribution in [0.2, 0.25) is 10.0 Å². The van der Waals surface area contributed by atoms with E-state index in [0.29, 0.717) is 33.5 Å². The van der Waals surface area contributed by atoms with Gasteiger partial charge in [0.2, 0.25) is 0 Å². The van der Waals surface area contributed by atoms with Crippen molar-refractivity contribution in [2.45, 2.75) is 30.4 Å². The van der Waals surface area contributed by atoms with Gasteiger partial charge in [-0.3, -0.25) is 29.6 Å². The molecular weight excluding hydrogens is 805 g/mol. The number of halogens is 6.